The minimum atomic E-state index is -1.09. The van der Waals surface area contributed by atoms with E-state index in [1.807, 2.05) is 0 Å². The summed E-state index contributed by atoms with van der Waals surface area (Å²) in [5.41, 5.74) is 0.605. The van der Waals surface area contributed by atoms with Gasteiger partial charge in [0.15, 0.2) is 0 Å². The summed E-state index contributed by atoms with van der Waals surface area (Å²) >= 11 is 0. The summed E-state index contributed by atoms with van der Waals surface area (Å²) < 4.78 is 9.38. The van der Waals surface area contributed by atoms with E-state index in [1.54, 1.807) is 24.3 Å². The van der Waals surface area contributed by atoms with Crippen LogP contribution in [0.4, 0.5) is 0 Å². The van der Waals surface area contributed by atoms with E-state index in [0.717, 1.165) is 7.11 Å². The van der Waals surface area contributed by atoms with Crippen molar-refractivity contribution in [2.75, 3.05) is 14.2 Å². The number of ether oxygens (including phenoxy) is 2. The van der Waals surface area contributed by atoms with E-state index in [-0.39, 0.29) is 0 Å². The molecule has 1 aliphatic carbocycles. The molecule has 0 heterocycles. The fourth-order valence-electron chi connectivity index (χ4n) is 2.37. The summed E-state index contributed by atoms with van der Waals surface area (Å²) in [5, 5.41) is 11.0. The van der Waals surface area contributed by atoms with Gasteiger partial charge in [0.2, 0.25) is 6.04 Å². The van der Waals surface area contributed by atoms with Crippen molar-refractivity contribution in [1.29, 1.82) is 0 Å². The Balaban J connectivity index is 2.28. The standard InChI is InChI=1S/C13H13NO6/c1-19-8-5-3-4-7(6-8)9-10(11(9)14(17)18)12(15)13(16)20-2/h3-6,9-11H,1-2H3/t9-,10+,11+/m0/s1. The first-order chi connectivity index (χ1) is 9.51. The van der Waals surface area contributed by atoms with E-state index in [1.165, 1.54) is 7.11 Å². The van der Waals surface area contributed by atoms with E-state index in [4.69, 9.17) is 4.74 Å². The van der Waals surface area contributed by atoms with Gasteiger partial charge in [0.25, 0.3) is 5.78 Å². The maximum Gasteiger partial charge on any atom is 0.374 e. The highest BCUT2D eigenvalue weighted by atomic mass is 16.6. The number of hydrogen-bond acceptors (Lipinski definition) is 6. The minimum absolute atomic E-state index is 0.532. The van der Waals surface area contributed by atoms with E-state index in [9.17, 15) is 19.7 Å². The van der Waals surface area contributed by atoms with Crippen molar-refractivity contribution in [3.8, 4) is 5.75 Å². The number of nitro groups is 1. The number of nitrogens with zero attached hydrogens (tertiary/aromatic N) is 1. The third-order valence-corrected chi connectivity index (χ3v) is 3.39. The van der Waals surface area contributed by atoms with Gasteiger partial charge in [-0.25, -0.2) is 4.79 Å². The molecule has 0 radical (unpaired) electrons. The summed E-state index contributed by atoms with van der Waals surface area (Å²) in [5.74, 6) is -2.95. The summed E-state index contributed by atoms with van der Waals surface area (Å²) in [6.07, 6.45) is 0. The van der Waals surface area contributed by atoms with Crippen LogP contribution < -0.4 is 4.74 Å². The maximum absolute atomic E-state index is 11.8. The summed E-state index contributed by atoms with van der Waals surface area (Å²) in [7, 11) is 2.55. The van der Waals surface area contributed by atoms with Crippen LogP contribution in [0.1, 0.15) is 11.5 Å². The largest absolute Gasteiger partial charge is 0.497 e. The lowest BCUT2D eigenvalue weighted by Gasteiger charge is -2.02. The zero-order valence-corrected chi connectivity index (χ0v) is 10.9. The number of Topliss-reactive ketones (excluding diaryl/α,β-unsaturated/α-hetero) is 1. The van der Waals surface area contributed by atoms with Gasteiger partial charge in [-0.05, 0) is 17.7 Å². The normalized spacial score (nSPS) is 23.8. The molecular formula is C13H13NO6. The summed E-state index contributed by atoms with van der Waals surface area (Å²) in [6.45, 7) is 0. The number of benzene rings is 1. The SMILES string of the molecule is COC(=O)C(=O)[C@@H]1[C@H](c2cccc(OC)c2)[C@H]1[N+](=O)[O-]. The van der Waals surface area contributed by atoms with Crippen LogP contribution in [0.3, 0.4) is 0 Å². The zero-order chi connectivity index (χ0) is 14.9. The molecule has 0 aromatic heterocycles. The van der Waals surface area contributed by atoms with Crippen LogP contribution >= 0.6 is 0 Å². The van der Waals surface area contributed by atoms with Gasteiger partial charge >= 0.3 is 5.97 Å². The van der Waals surface area contributed by atoms with Gasteiger partial charge in [-0.15, -0.1) is 0 Å². The Morgan fingerprint density at radius 3 is 2.55 bits per heavy atom. The van der Waals surface area contributed by atoms with Crippen LogP contribution in [0.2, 0.25) is 0 Å². The topological polar surface area (TPSA) is 95.7 Å². The quantitative estimate of drug-likeness (QED) is 0.342. The Kier molecular flexibility index (Phi) is 3.69. The highest BCUT2D eigenvalue weighted by molar-refractivity contribution is 6.35. The average Bonchev–Trinajstić information content (AvgIpc) is 3.21. The molecule has 0 N–H and O–H groups in total. The highest BCUT2D eigenvalue weighted by Gasteiger charge is 2.66. The molecule has 1 aromatic carbocycles. The van der Waals surface area contributed by atoms with E-state index in [0.29, 0.717) is 11.3 Å². The lowest BCUT2D eigenvalue weighted by molar-refractivity contribution is -0.498. The van der Waals surface area contributed by atoms with Gasteiger partial charge in [0.1, 0.15) is 11.7 Å². The van der Waals surface area contributed by atoms with Crippen LogP contribution in [0.15, 0.2) is 24.3 Å². The van der Waals surface area contributed by atoms with Crippen molar-refractivity contribution in [2.45, 2.75) is 12.0 Å². The van der Waals surface area contributed by atoms with Gasteiger partial charge in [-0.2, -0.15) is 0 Å². The fraction of sp³-hybridized carbons (Fsp3) is 0.385. The Morgan fingerprint density at radius 1 is 1.30 bits per heavy atom. The van der Waals surface area contributed by atoms with E-state index in [2.05, 4.69) is 4.74 Å². The predicted molar refractivity (Wildman–Crippen MR) is 67.0 cm³/mol. The molecule has 1 saturated carbocycles. The van der Waals surface area contributed by atoms with Gasteiger partial charge in [-0.3, -0.25) is 14.9 Å². The zero-order valence-electron chi connectivity index (χ0n) is 10.9. The van der Waals surface area contributed by atoms with Gasteiger partial charge in [0.05, 0.1) is 20.1 Å². The molecule has 7 heteroatoms. The van der Waals surface area contributed by atoms with Crippen molar-refractivity contribution in [3.05, 3.63) is 39.9 Å². The van der Waals surface area contributed by atoms with Crippen LogP contribution in [0, 0.1) is 16.0 Å². The molecule has 0 bridgehead atoms. The molecule has 0 unspecified atom stereocenters. The van der Waals surface area contributed by atoms with Crippen LogP contribution in [-0.2, 0) is 14.3 Å². The van der Waals surface area contributed by atoms with Crippen molar-refractivity contribution in [3.63, 3.8) is 0 Å². The van der Waals surface area contributed by atoms with Crippen LogP contribution in [0.25, 0.3) is 0 Å². The number of ketones is 1. The molecule has 2 rings (SSSR count). The molecule has 1 aromatic rings. The number of esters is 1. The molecule has 7 nitrogen and oxygen atoms in total. The molecule has 0 spiro atoms. The maximum atomic E-state index is 11.8. The molecule has 1 fully saturated rings. The number of carbonyl (C=O) groups excluding carboxylic acids is 2. The van der Waals surface area contributed by atoms with Crippen LogP contribution in [0.5, 0.6) is 5.75 Å². The monoisotopic (exact) mass is 279 g/mol. The lowest BCUT2D eigenvalue weighted by atomic mass is 10.1. The number of methoxy groups -OCH3 is 2. The molecule has 0 aliphatic heterocycles. The van der Waals surface area contributed by atoms with Crippen LogP contribution in [-0.4, -0.2) is 36.9 Å². The van der Waals surface area contributed by atoms with Gasteiger partial charge in [-0.1, -0.05) is 12.1 Å². The third kappa shape index (κ3) is 2.34. The smallest absolute Gasteiger partial charge is 0.374 e. The second-order valence-corrected chi connectivity index (χ2v) is 4.46. The number of carbonyl (C=O) groups is 2. The second-order valence-electron chi connectivity index (χ2n) is 4.46. The Hall–Kier alpha value is -2.44. The molecule has 0 saturated heterocycles. The highest BCUT2D eigenvalue weighted by Crippen LogP contribution is 2.50. The minimum Gasteiger partial charge on any atom is -0.497 e. The average molecular weight is 279 g/mol. The Morgan fingerprint density at radius 2 is 2.00 bits per heavy atom. The molecule has 20 heavy (non-hydrogen) atoms. The van der Waals surface area contributed by atoms with E-state index >= 15 is 0 Å². The number of hydrogen-bond donors (Lipinski definition) is 0. The molecule has 3 atom stereocenters. The first-order valence-corrected chi connectivity index (χ1v) is 5.91. The Labute approximate surface area is 114 Å². The van der Waals surface area contributed by atoms with E-state index < -0.39 is 34.6 Å². The van der Waals surface area contributed by atoms with Gasteiger partial charge in [0, 0.05) is 4.92 Å². The first kappa shape index (κ1) is 14.0. The molecule has 1 aliphatic rings. The van der Waals surface area contributed by atoms with Crippen molar-refractivity contribution in [1.82, 2.24) is 0 Å². The first-order valence-electron chi connectivity index (χ1n) is 5.91. The molecular weight excluding hydrogens is 266 g/mol. The van der Waals surface area contributed by atoms with Crippen molar-refractivity contribution in [2.24, 2.45) is 5.92 Å². The molecule has 0 amide bonds. The lowest BCUT2D eigenvalue weighted by Crippen LogP contribution is -2.21. The van der Waals surface area contributed by atoms with Gasteiger partial charge < -0.3 is 9.47 Å². The Bertz CT molecular complexity index is 570. The third-order valence-electron chi connectivity index (χ3n) is 3.39. The van der Waals surface area contributed by atoms with Crippen molar-refractivity contribution < 1.29 is 24.0 Å². The number of rotatable bonds is 5. The summed E-state index contributed by atoms with van der Waals surface area (Å²) in [6, 6.07) is 5.60. The van der Waals surface area contributed by atoms with Crippen molar-refractivity contribution >= 4 is 11.8 Å². The second kappa shape index (κ2) is 5.28. The predicted octanol–water partition coefficient (Wildman–Crippen LogP) is 0.796. The fourth-order valence-corrected chi connectivity index (χ4v) is 2.37. The summed E-state index contributed by atoms with van der Waals surface area (Å²) in [4.78, 5) is 33.5. The molecule has 106 valence electrons.